The van der Waals surface area contributed by atoms with E-state index in [9.17, 15) is 22.0 Å². The van der Waals surface area contributed by atoms with Gasteiger partial charge in [0, 0.05) is 5.56 Å². The molecule has 0 radical (unpaired) electrons. The zero-order chi connectivity index (χ0) is 16.2. The van der Waals surface area contributed by atoms with Crippen molar-refractivity contribution in [3.63, 3.8) is 0 Å². The Balaban J connectivity index is 3.65. The van der Waals surface area contributed by atoms with Gasteiger partial charge in [-0.15, -0.1) is 0 Å². The Hall–Kier alpha value is -1.50. The molecule has 0 heterocycles. The van der Waals surface area contributed by atoms with Crippen LogP contribution < -0.4 is 0 Å². The zero-order valence-corrected chi connectivity index (χ0v) is 12.7. The van der Waals surface area contributed by atoms with Gasteiger partial charge in [0.05, 0.1) is 16.2 Å². The van der Waals surface area contributed by atoms with Crippen molar-refractivity contribution in [2.75, 3.05) is 5.75 Å². The molecule has 4 nitrogen and oxygen atoms in total. The van der Waals surface area contributed by atoms with Crippen molar-refractivity contribution in [1.29, 1.82) is 0 Å². The van der Waals surface area contributed by atoms with Crippen molar-refractivity contribution in [2.24, 2.45) is 0 Å². The van der Waals surface area contributed by atoms with Crippen molar-refractivity contribution in [3.05, 3.63) is 28.8 Å². The van der Waals surface area contributed by atoms with E-state index in [1.807, 2.05) is 0 Å². The second kappa shape index (κ2) is 6.98. The fraction of sp³-hybridized carbons (Fsp3) is 0.500. The maximum Gasteiger partial charge on any atom is 0.336 e. The third-order valence-corrected chi connectivity index (χ3v) is 5.12. The highest BCUT2D eigenvalue weighted by molar-refractivity contribution is 7.91. The molecule has 0 bridgehead atoms. The first-order valence-corrected chi connectivity index (χ1v) is 8.31. The quantitative estimate of drug-likeness (QED) is 0.835. The largest absolute Gasteiger partial charge is 0.478 e. The first-order valence-electron chi connectivity index (χ1n) is 6.66. The van der Waals surface area contributed by atoms with E-state index in [4.69, 9.17) is 5.11 Å². The number of alkyl halides is 2. The smallest absolute Gasteiger partial charge is 0.336 e. The standard InChI is InChI=1S/C14H18F2O4S/c1-3-5-8-21(19,20)12-9(4-2)10(14(17)18)6-7-11(12)13(15)16/h6-7,13H,3-5,8H2,1-2H3,(H,17,18). The predicted octanol–water partition coefficient (Wildman–Crippen LogP) is 3.46. The van der Waals surface area contributed by atoms with Crippen molar-refractivity contribution in [1.82, 2.24) is 0 Å². The minimum Gasteiger partial charge on any atom is -0.478 e. The summed E-state index contributed by atoms with van der Waals surface area (Å²) in [5.41, 5.74) is -0.902. The van der Waals surface area contributed by atoms with E-state index in [0.717, 1.165) is 12.1 Å². The minimum atomic E-state index is -3.94. The number of unbranched alkanes of at least 4 members (excludes halogenated alkanes) is 1. The van der Waals surface area contributed by atoms with Crippen LogP contribution in [0.25, 0.3) is 0 Å². The van der Waals surface area contributed by atoms with Crippen LogP contribution in [0, 0.1) is 0 Å². The van der Waals surface area contributed by atoms with Gasteiger partial charge in [0.25, 0.3) is 6.43 Å². The zero-order valence-electron chi connectivity index (χ0n) is 11.9. The molecule has 21 heavy (non-hydrogen) atoms. The number of rotatable bonds is 7. The summed E-state index contributed by atoms with van der Waals surface area (Å²) in [6.07, 6.45) is -1.97. The molecule has 0 aliphatic rings. The summed E-state index contributed by atoms with van der Waals surface area (Å²) in [5, 5.41) is 9.11. The number of sulfone groups is 1. The Kier molecular flexibility index (Phi) is 5.83. The fourth-order valence-electron chi connectivity index (χ4n) is 2.17. The molecule has 1 aromatic carbocycles. The maximum atomic E-state index is 13.1. The highest BCUT2D eigenvalue weighted by Crippen LogP contribution is 2.33. The lowest BCUT2D eigenvalue weighted by Gasteiger charge is -2.16. The summed E-state index contributed by atoms with van der Waals surface area (Å²) in [4.78, 5) is 10.7. The molecule has 0 aliphatic carbocycles. The number of carboxylic acid groups (broad SMARTS) is 1. The van der Waals surface area contributed by atoms with Gasteiger partial charge in [-0.1, -0.05) is 26.3 Å². The number of carboxylic acids is 1. The fourth-order valence-corrected chi connectivity index (χ4v) is 4.19. The number of aromatic carboxylic acids is 1. The molecule has 7 heteroatoms. The van der Waals surface area contributed by atoms with E-state index in [1.165, 1.54) is 0 Å². The maximum absolute atomic E-state index is 13.1. The van der Waals surface area contributed by atoms with Crippen molar-refractivity contribution in [3.8, 4) is 0 Å². The van der Waals surface area contributed by atoms with E-state index >= 15 is 0 Å². The third-order valence-electron chi connectivity index (χ3n) is 3.19. The van der Waals surface area contributed by atoms with Gasteiger partial charge < -0.3 is 5.11 Å². The molecular formula is C14H18F2O4S. The average molecular weight is 320 g/mol. The molecule has 0 spiro atoms. The molecule has 118 valence electrons. The number of hydrogen-bond acceptors (Lipinski definition) is 3. The lowest BCUT2D eigenvalue weighted by atomic mass is 10.0. The summed E-state index contributed by atoms with van der Waals surface area (Å²) in [7, 11) is -3.94. The van der Waals surface area contributed by atoms with Crippen LogP contribution in [0.5, 0.6) is 0 Å². The molecule has 0 aromatic heterocycles. The van der Waals surface area contributed by atoms with Gasteiger partial charge in [0.1, 0.15) is 0 Å². The molecular weight excluding hydrogens is 302 g/mol. The van der Waals surface area contributed by atoms with Crippen molar-refractivity contribution in [2.45, 2.75) is 44.4 Å². The molecule has 0 saturated carbocycles. The molecule has 0 unspecified atom stereocenters. The molecule has 0 fully saturated rings. The average Bonchev–Trinajstić information content (AvgIpc) is 2.43. The van der Waals surface area contributed by atoms with Gasteiger partial charge in [-0.2, -0.15) is 0 Å². The van der Waals surface area contributed by atoms with Gasteiger partial charge in [-0.3, -0.25) is 0 Å². The van der Waals surface area contributed by atoms with E-state index in [-0.39, 0.29) is 23.3 Å². The topological polar surface area (TPSA) is 71.4 Å². The summed E-state index contributed by atoms with van der Waals surface area (Å²) in [6.45, 7) is 3.34. The molecule has 1 rings (SSSR count). The van der Waals surface area contributed by atoms with Crippen LogP contribution in [0.2, 0.25) is 0 Å². The van der Waals surface area contributed by atoms with Crippen molar-refractivity contribution >= 4 is 15.8 Å². The summed E-state index contributed by atoms with van der Waals surface area (Å²) in [6, 6.07) is 1.94. The summed E-state index contributed by atoms with van der Waals surface area (Å²) in [5.74, 6) is -1.58. The Labute approximate surface area is 122 Å². The monoisotopic (exact) mass is 320 g/mol. The van der Waals surface area contributed by atoms with Gasteiger partial charge >= 0.3 is 5.97 Å². The van der Waals surface area contributed by atoms with Crippen molar-refractivity contribution < 1.29 is 27.1 Å². The Morgan fingerprint density at radius 1 is 1.29 bits per heavy atom. The van der Waals surface area contributed by atoms with Crippen LogP contribution in [-0.2, 0) is 16.3 Å². The molecule has 0 amide bonds. The molecule has 0 aliphatic heterocycles. The lowest BCUT2D eigenvalue weighted by molar-refractivity contribution is 0.0694. The van der Waals surface area contributed by atoms with Gasteiger partial charge in [-0.25, -0.2) is 22.0 Å². The summed E-state index contributed by atoms with van der Waals surface area (Å²) < 4.78 is 50.9. The lowest BCUT2D eigenvalue weighted by Crippen LogP contribution is -2.16. The SMILES string of the molecule is CCCCS(=O)(=O)c1c(C(F)F)ccc(C(=O)O)c1CC. The van der Waals surface area contributed by atoms with Gasteiger partial charge in [0.2, 0.25) is 0 Å². The van der Waals surface area contributed by atoms with Crippen LogP contribution in [0.1, 0.15) is 54.6 Å². The molecule has 0 saturated heterocycles. The van der Waals surface area contributed by atoms with Gasteiger partial charge in [-0.05, 0) is 24.5 Å². The van der Waals surface area contributed by atoms with Crippen LogP contribution in [-0.4, -0.2) is 25.2 Å². The first kappa shape index (κ1) is 17.6. The summed E-state index contributed by atoms with van der Waals surface area (Å²) >= 11 is 0. The molecule has 0 atom stereocenters. The van der Waals surface area contributed by atoms with Crippen LogP contribution >= 0.6 is 0 Å². The molecule has 1 aromatic rings. The minimum absolute atomic E-state index is 0.0450. The van der Waals surface area contributed by atoms with Crippen LogP contribution in [0.15, 0.2) is 17.0 Å². The van der Waals surface area contributed by atoms with E-state index in [0.29, 0.717) is 12.8 Å². The second-order valence-electron chi connectivity index (χ2n) is 4.64. The predicted molar refractivity (Wildman–Crippen MR) is 74.7 cm³/mol. The first-order chi connectivity index (χ1) is 9.76. The highest BCUT2D eigenvalue weighted by Gasteiger charge is 2.29. The van der Waals surface area contributed by atoms with E-state index < -0.39 is 32.7 Å². The van der Waals surface area contributed by atoms with Crippen LogP contribution in [0.3, 0.4) is 0 Å². The van der Waals surface area contributed by atoms with E-state index in [1.54, 1.807) is 13.8 Å². The third kappa shape index (κ3) is 3.78. The normalized spacial score (nSPS) is 11.9. The Morgan fingerprint density at radius 3 is 2.33 bits per heavy atom. The van der Waals surface area contributed by atoms with Gasteiger partial charge in [0.15, 0.2) is 9.84 Å². The Bertz CT molecular complexity index is 624. The highest BCUT2D eigenvalue weighted by atomic mass is 32.2. The van der Waals surface area contributed by atoms with E-state index in [2.05, 4.69) is 0 Å². The van der Waals surface area contributed by atoms with Crippen LogP contribution in [0.4, 0.5) is 8.78 Å². The number of halogens is 2. The number of benzene rings is 1. The molecule has 1 N–H and O–H groups in total. The number of carbonyl (C=O) groups is 1. The number of hydrogen-bond donors (Lipinski definition) is 1. The second-order valence-corrected chi connectivity index (χ2v) is 6.69. The Morgan fingerprint density at radius 2 is 1.90 bits per heavy atom.